The second-order valence-corrected chi connectivity index (χ2v) is 5.22. The van der Waals surface area contributed by atoms with E-state index in [2.05, 4.69) is 4.37 Å². The Labute approximate surface area is 67.2 Å². The third-order valence-corrected chi connectivity index (χ3v) is 3.24. The summed E-state index contributed by atoms with van der Waals surface area (Å²) < 4.78 is 25.0. The van der Waals surface area contributed by atoms with Gasteiger partial charge in [0.25, 0.3) is 9.05 Å². The van der Waals surface area contributed by atoms with Gasteiger partial charge in [0, 0.05) is 15.6 Å². The summed E-state index contributed by atoms with van der Waals surface area (Å²) in [4.78, 5) is 0.731. The number of hydrogen-bond donors (Lipinski definition) is 0. The summed E-state index contributed by atoms with van der Waals surface area (Å²) in [5.74, 6) is 0. The average Bonchev–Trinajstić information content (AvgIpc) is 2.11. The van der Waals surface area contributed by atoms with Gasteiger partial charge in [0.2, 0.25) is 0 Å². The van der Waals surface area contributed by atoms with E-state index in [1.807, 2.05) is 0 Å². The van der Waals surface area contributed by atoms with Crippen LogP contribution in [0.4, 0.5) is 0 Å². The van der Waals surface area contributed by atoms with Crippen LogP contribution in [0.5, 0.6) is 0 Å². The summed E-state index contributed by atoms with van der Waals surface area (Å²) in [6, 6.07) is 0. The van der Waals surface area contributed by atoms with Crippen LogP contribution in [0.15, 0.2) is 11.1 Å². The summed E-state index contributed by atoms with van der Waals surface area (Å²) in [5, 5.41) is 0. The lowest BCUT2D eigenvalue weighted by Crippen LogP contribution is -1.88. The van der Waals surface area contributed by atoms with Crippen LogP contribution >= 0.6 is 22.2 Å². The van der Waals surface area contributed by atoms with Gasteiger partial charge in [-0.25, -0.2) is 8.42 Å². The molecule has 0 aliphatic carbocycles. The van der Waals surface area contributed by atoms with E-state index in [1.54, 1.807) is 6.92 Å². The monoisotopic (exact) mass is 197 g/mol. The minimum atomic E-state index is -3.57. The lowest BCUT2D eigenvalue weighted by molar-refractivity contribution is 0.609. The quantitative estimate of drug-likeness (QED) is 0.639. The molecule has 0 aromatic carbocycles. The van der Waals surface area contributed by atoms with Crippen molar-refractivity contribution < 1.29 is 8.42 Å². The topological polar surface area (TPSA) is 47.0 Å². The van der Waals surface area contributed by atoms with E-state index in [0.29, 0.717) is 4.88 Å². The van der Waals surface area contributed by atoms with E-state index < -0.39 is 9.05 Å². The number of rotatable bonds is 1. The van der Waals surface area contributed by atoms with Gasteiger partial charge in [-0.3, -0.25) is 0 Å². The molecule has 56 valence electrons. The summed E-state index contributed by atoms with van der Waals surface area (Å²) in [5.41, 5.74) is 0. The average molecular weight is 198 g/mol. The van der Waals surface area contributed by atoms with E-state index in [4.69, 9.17) is 10.7 Å². The SMILES string of the molecule is Cc1sncc1S(=O)(=O)Cl. The molecule has 0 N–H and O–H groups in total. The fourth-order valence-corrected chi connectivity index (χ4v) is 2.62. The van der Waals surface area contributed by atoms with Gasteiger partial charge in [-0.15, -0.1) is 0 Å². The molecule has 1 heterocycles. The van der Waals surface area contributed by atoms with Gasteiger partial charge < -0.3 is 0 Å². The first kappa shape index (κ1) is 7.97. The molecule has 0 unspecified atom stereocenters. The molecule has 10 heavy (non-hydrogen) atoms. The largest absolute Gasteiger partial charge is 0.263 e. The predicted octanol–water partition coefficient (Wildman–Crippen LogP) is 1.38. The molecule has 0 spiro atoms. The highest BCUT2D eigenvalue weighted by Crippen LogP contribution is 2.20. The van der Waals surface area contributed by atoms with Gasteiger partial charge in [-0.1, -0.05) is 0 Å². The van der Waals surface area contributed by atoms with Crippen molar-refractivity contribution in [3.05, 3.63) is 11.1 Å². The maximum atomic E-state index is 10.6. The molecule has 1 aromatic rings. The van der Waals surface area contributed by atoms with Gasteiger partial charge in [0.1, 0.15) is 4.90 Å². The Kier molecular flexibility index (Phi) is 1.98. The van der Waals surface area contributed by atoms with Crippen LogP contribution in [0, 0.1) is 6.92 Å². The summed E-state index contributed by atoms with van der Waals surface area (Å²) >= 11 is 1.12. The lowest BCUT2D eigenvalue weighted by Gasteiger charge is -1.87. The second kappa shape index (κ2) is 2.48. The molecule has 1 rings (SSSR count). The van der Waals surface area contributed by atoms with Gasteiger partial charge in [-0.05, 0) is 18.5 Å². The highest BCUT2D eigenvalue weighted by atomic mass is 35.7. The third kappa shape index (κ3) is 1.47. The van der Waals surface area contributed by atoms with E-state index in [9.17, 15) is 8.42 Å². The van der Waals surface area contributed by atoms with Crippen LogP contribution in [0.25, 0.3) is 0 Å². The third-order valence-electron chi connectivity index (χ3n) is 0.969. The number of aromatic nitrogens is 1. The van der Waals surface area contributed by atoms with Crippen molar-refractivity contribution >= 4 is 31.3 Å². The van der Waals surface area contributed by atoms with Crippen LogP contribution in [0.3, 0.4) is 0 Å². The van der Waals surface area contributed by atoms with E-state index >= 15 is 0 Å². The second-order valence-electron chi connectivity index (χ2n) is 1.68. The highest BCUT2D eigenvalue weighted by molar-refractivity contribution is 8.13. The van der Waals surface area contributed by atoms with Crippen molar-refractivity contribution in [2.24, 2.45) is 0 Å². The minimum Gasteiger partial charge on any atom is -0.207 e. The molecule has 0 saturated carbocycles. The maximum absolute atomic E-state index is 10.6. The summed E-state index contributed by atoms with van der Waals surface area (Å²) in [7, 11) is 1.47. The Morgan fingerprint density at radius 2 is 2.30 bits per heavy atom. The van der Waals surface area contributed by atoms with Crippen LogP contribution < -0.4 is 0 Å². The number of hydrogen-bond acceptors (Lipinski definition) is 4. The predicted molar refractivity (Wildman–Crippen MR) is 39.9 cm³/mol. The van der Waals surface area contributed by atoms with Crippen LogP contribution in [-0.4, -0.2) is 12.8 Å². The Morgan fingerprint density at radius 3 is 2.50 bits per heavy atom. The molecule has 0 fully saturated rings. The van der Waals surface area contributed by atoms with Crippen LogP contribution in [0.1, 0.15) is 4.88 Å². The van der Waals surface area contributed by atoms with Gasteiger partial charge in [0.15, 0.2) is 0 Å². The highest BCUT2D eigenvalue weighted by Gasteiger charge is 2.14. The van der Waals surface area contributed by atoms with E-state index in [1.165, 1.54) is 6.20 Å². The van der Waals surface area contributed by atoms with Crippen molar-refractivity contribution in [3.8, 4) is 0 Å². The zero-order valence-corrected chi connectivity index (χ0v) is 7.42. The molecule has 0 aliphatic heterocycles. The zero-order chi connectivity index (χ0) is 7.78. The molecule has 3 nitrogen and oxygen atoms in total. The lowest BCUT2D eigenvalue weighted by atomic mass is 10.6. The Hall–Kier alpha value is -0.130. The number of aryl methyl sites for hydroxylation is 1. The van der Waals surface area contributed by atoms with Crippen molar-refractivity contribution in [2.75, 3.05) is 0 Å². The first-order valence-corrected chi connectivity index (χ1v) is 5.46. The van der Waals surface area contributed by atoms with Crippen molar-refractivity contribution in [1.29, 1.82) is 0 Å². The van der Waals surface area contributed by atoms with Crippen molar-refractivity contribution in [3.63, 3.8) is 0 Å². The molecule has 0 bridgehead atoms. The van der Waals surface area contributed by atoms with Crippen molar-refractivity contribution in [2.45, 2.75) is 11.8 Å². The Bertz CT molecular complexity index is 329. The fraction of sp³-hybridized carbons (Fsp3) is 0.250. The molecule has 1 aromatic heterocycles. The molecule has 0 saturated heterocycles. The molecule has 0 amide bonds. The van der Waals surface area contributed by atoms with Gasteiger partial charge in [0.05, 0.1) is 6.20 Å². The molecular weight excluding hydrogens is 194 g/mol. The van der Waals surface area contributed by atoms with E-state index in [-0.39, 0.29) is 4.90 Å². The molecule has 0 radical (unpaired) electrons. The number of halogens is 1. The standard InChI is InChI=1S/C4H4ClNO2S2/c1-3-4(2-6-9-3)10(5,7)8/h2H,1H3. The zero-order valence-electron chi connectivity index (χ0n) is 5.04. The van der Waals surface area contributed by atoms with Gasteiger partial charge >= 0.3 is 0 Å². The number of nitrogens with zero attached hydrogens (tertiary/aromatic N) is 1. The van der Waals surface area contributed by atoms with E-state index in [0.717, 1.165) is 11.5 Å². The smallest absolute Gasteiger partial charge is 0.207 e. The van der Waals surface area contributed by atoms with Crippen molar-refractivity contribution in [1.82, 2.24) is 4.37 Å². The van der Waals surface area contributed by atoms with Crippen LogP contribution in [-0.2, 0) is 9.05 Å². The molecule has 0 atom stereocenters. The minimum absolute atomic E-state index is 0.110. The molecule has 6 heteroatoms. The van der Waals surface area contributed by atoms with Crippen LogP contribution in [0.2, 0.25) is 0 Å². The maximum Gasteiger partial charge on any atom is 0.263 e. The van der Waals surface area contributed by atoms with Gasteiger partial charge in [-0.2, -0.15) is 4.37 Å². The Morgan fingerprint density at radius 1 is 1.70 bits per heavy atom. The normalized spacial score (nSPS) is 11.8. The summed E-state index contributed by atoms with van der Waals surface area (Å²) in [6.45, 7) is 1.66. The molecule has 0 aliphatic rings. The summed E-state index contributed by atoms with van der Waals surface area (Å²) in [6.07, 6.45) is 1.25. The first-order valence-electron chi connectivity index (χ1n) is 2.38. The first-order chi connectivity index (χ1) is 4.52. The Balaban J connectivity index is 3.32. The molecular formula is C4H4ClNO2S2. The fourth-order valence-electron chi connectivity index (χ4n) is 0.524.